The first-order chi connectivity index (χ1) is 11.7. The predicted octanol–water partition coefficient (Wildman–Crippen LogP) is 3.13. The number of nitrogens with one attached hydrogen (secondary N) is 1. The average molecular weight is 404 g/mol. The van der Waals surface area contributed by atoms with E-state index in [9.17, 15) is 20.0 Å². The maximum absolute atomic E-state index is 12.4. The van der Waals surface area contributed by atoms with Gasteiger partial charge in [0.25, 0.3) is 5.91 Å². The summed E-state index contributed by atoms with van der Waals surface area (Å²) in [6, 6.07) is 7.82. The van der Waals surface area contributed by atoms with Crippen LogP contribution in [0.1, 0.15) is 29.8 Å². The number of pyridine rings is 1. The number of nitrogens with zero attached hydrogens (tertiary/aromatic N) is 2. The first kappa shape index (κ1) is 18.6. The molecule has 0 atom stereocenters. The molecule has 0 bridgehead atoms. The van der Waals surface area contributed by atoms with Gasteiger partial charge in [0.05, 0.1) is 4.47 Å². The van der Waals surface area contributed by atoms with Crippen LogP contribution in [0.25, 0.3) is 0 Å². The van der Waals surface area contributed by atoms with Gasteiger partial charge >= 0.3 is 5.82 Å². The van der Waals surface area contributed by atoms with Crippen LogP contribution in [0.4, 0.5) is 11.5 Å². The van der Waals surface area contributed by atoms with Crippen molar-refractivity contribution in [1.29, 1.82) is 0 Å². The molecule has 0 saturated carbocycles. The first-order valence-corrected chi connectivity index (χ1v) is 7.92. The molecule has 8 heteroatoms. The standard InChI is InChI=1S/C17H14BrN3O4/c1-17(2,23)7-6-11-4-3-5-12(8-11)16(22)20-14-9-13(18)10-19-15(14)21(24)25/h3-5,8-10,23H,1-2H3,(H,20,22). The zero-order chi connectivity index (χ0) is 18.6. The molecule has 2 aromatic rings. The highest BCUT2D eigenvalue weighted by atomic mass is 79.9. The molecule has 25 heavy (non-hydrogen) atoms. The Morgan fingerprint density at radius 3 is 2.76 bits per heavy atom. The highest BCUT2D eigenvalue weighted by Crippen LogP contribution is 2.25. The fraction of sp³-hybridized carbons (Fsp3) is 0.176. The second-order valence-corrected chi connectivity index (χ2v) is 6.54. The van der Waals surface area contributed by atoms with E-state index in [-0.39, 0.29) is 11.3 Å². The van der Waals surface area contributed by atoms with Crippen molar-refractivity contribution in [2.45, 2.75) is 19.4 Å². The van der Waals surface area contributed by atoms with Gasteiger partial charge in [-0.1, -0.05) is 17.9 Å². The lowest BCUT2D eigenvalue weighted by atomic mass is 10.1. The van der Waals surface area contributed by atoms with Crippen LogP contribution in [0.2, 0.25) is 0 Å². The number of carbonyl (C=O) groups excluding carboxylic acids is 1. The minimum absolute atomic E-state index is 0.0163. The summed E-state index contributed by atoms with van der Waals surface area (Å²) in [6.07, 6.45) is 1.28. The molecular weight excluding hydrogens is 390 g/mol. The molecule has 0 spiro atoms. The van der Waals surface area contributed by atoms with Crippen LogP contribution in [-0.2, 0) is 0 Å². The number of rotatable bonds is 3. The van der Waals surface area contributed by atoms with Gasteiger partial charge in [-0.3, -0.25) is 4.79 Å². The molecule has 7 nitrogen and oxygen atoms in total. The number of anilines is 1. The molecule has 1 heterocycles. The maximum atomic E-state index is 12.4. The predicted molar refractivity (Wildman–Crippen MR) is 96.2 cm³/mol. The van der Waals surface area contributed by atoms with Crippen molar-refractivity contribution in [1.82, 2.24) is 4.98 Å². The van der Waals surface area contributed by atoms with Gasteiger partial charge in [0.2, 0.25) is 0 Å². The van der Waals surface area contributed by atoms with Crippen LogP contribution in [0.5, 0.6) is 0 Å². The molecule has 0 aliphatic heterocycles. The maximum Gasteiger partial charge on any atom is 0.387 e. The third kappa shape index (κ3) is 5.38. The van der Waals surface area contributed by atoms with E-state index in [1.54, 1.807) is 32.0 Å². The third-order valence-electron chi connectivity index (χ3n) is 2.89. The van der Waals surface area contributed by atoms with Gasteiger partial charge in [-0.25, -0.2) is 0 Å². The van der Waals surface area contributed by atoms with Crippen LogP contribution in [0.15, 0.2) is 41.0 Å². The van der Waals surface area contributed by atoms with E-state index in [0.29, 0.717) is 10.0 Å². The van der Waals surface area contributed by atoms with Crippen molar-refractivity contribution in [3.63, 3.8) is 0 Å². The summed E-state index contributed by atoms with van der Waals surface area (Å²) in [5.74, 6) is 4.45. The molecule has 1 aromatic heterocycles. The molecule has 1 aromatic carbocycles. The van der Waals surface area contributed by atoms with Gasteiger partial charge in [0, 0.05) is 11.1 Å². The van der Waals surface area contributed by atoms with Gasteiger partial charge in [-0.2, -0.15) is 0 Å². The van der Waals surface area contributed by atoms with Crippen LogP contribution in [0.3, 0.4) is 0 Å². The number of aliphatic hydroxyl groups is 1. The van der Waals surface area contributed by atoms with Crippen molar-refractivity contribution in [3.8, 4) is 11.8 Å². The average Bonchev–Trinajstić information content (AvgIpc) is 2.52. The fourth-order valence-corrected chi connectivity index (χ4v) is 2.16. The van der Waals surface area contributed by atoms with E-state index in [2.05, 4.69) is 38.1 Å². The summed E-state index contributed by atoms with van der Waals surface area (Å²) in [6.45, 7) is 3.10. The van der Waals surface area contributed by atoms with Gasteiger partial charge in [0.1, 0.15) is 11.3 Å². The number of hydrogen-bond donors (Lipinski definition) is 2. The van der Waals surface area contributed by atoms with E-state index in [1.165, 1.54) is 18.3 Å². The Bertz CT molecular complexity index is 895. The summed E-state index contributed by atoms with van der Waals surface area (Å²) >= 11 is 3.16. The van der Waals surface area contributed by atoms with Crippen molar-refractivity contribution in [3.05, 3.63) is 62.2 Å². The lowest BCUT2D eigenvalue weighted by Gasteiger charge is -2.07. The number of halogens is 1. The smallest absolute Gasteiger partial charge is 0.378 e. The lowest BCUT2D eigenvalue weighted by molar-refractivity contribution is -0.388. The Kier molecular flexibility index (Phi) is 5.51. The van der Waals surface area contributed by atoms with E-state index in [4.69, 9.17) is 0 Å². The second kappa shape index (κ2) is 7.42. The van der Waals surface area contributed by atoms with E-state index in [0.717, 1.165) is 0 Å². The highest BCUT2D eigenvalue weighted by Gasteiger charge is 2.19. The second-order valence-electron chi connectivity index (χ2n) is 5.63. The normalized spacial score (nSPS) is 10.6. The largest absolute Gasteiger partial charge is 0.387 e. The third-order valence-corrected chi connectivity index (χ3v) is 3.33. The summed E-state index contributed by atoms with van der Waals surface area (Å²) in [5.41, 5.74) is -0.355. The number of benzene rings is 1. The molecule has 0 fully saturated rings. The molecular formula is C17H14BrN3O4. The number of aromatic nitrogens is 1. The monoisotopic (exact) mass is 403 g/mol. The van der Waals surface area contributed by atoms with E-state index in [1.807, 2.05) is 0 Å². The summed E-state index contributed by atoms with van der Waals surface area (Å²) < 4.78 is 0.498. The van der Waals surface area contributed by atoms with Crippen molar-refractivity contribution in [2.24, 2.45) is 0 Å². The fourth-order valence-electron chi connectivity index (χ4n) is 1.83. The van der Waals surface area contributed by atoms with Gasteiger partial charge in [-0.05, 0) is 64.0 Å². The Hall–Kier alpha value is -2.76. The molecule has 0 aliphatic rings. The molecule has 0 saturated heterocycles. The highest BCUT2D eigenvalue weighted by molar-refractivity contribution is 9.10. The summed E-state index contributed by atoms with van der Waals surface area (Å²) in [4.78, 5) is 26.4. The molecule has 128 valence electrons. The van der Waals surface area contributed by atoms with Crippen LogP contribution < -0.4 is 5.32 Å². The molecule has 0 radical (unpaired) electrons. The topological polar surface area (TPSA) is 105 Å². The summed E-state index contributed by atoms with van der Waals surface area (Å²) in [7, 11) is 0. The quantitative estimate of drug-likeness (QED) is 0.465. The minimum atomic E-state index is -1.15. The lowest BCUT2D eigenvalue weighted by Crippen LogP contribution is -2.15. The minimum Gasteiger partial charge on any atom is -0.378 e. The van der Waals surface area contributed by atoms with Crippen LogP contribution in [0, 0.1) is 22.0 Å². The number of hydrogen-bond acceptors (Lipinski definition) is 5. The number of carbonyl (C=O) groups is 1. The number of nitro groups is 1. The Labute approximate surface area is 152 Å². The zero-order valence-corrected chi connectivity index (χ0v) is 15.0. The van der Waals surface area contributed by atoms with Crippen molar-refractivity contribution in [2.75, 3.05) is 5.32 Å². The van der Waals surface area contributed by atoms with Crippen LogP contribution >= 0.6 is 15.9 Å². The molecule has 1 amide bonds. The van der Waals surface area contributed by atoms with Crippen LogP contribution in [-0.4, -0.2) is 26.5 Å². The summed E-state index contributed by atoms with van der Waals surface area (Å²) in [5, 5.41) is 23.1. The van der Waals surface area contributed by atoms with E-state index >= 15 is 0 Å². The molecule has 0 unspecified atom stereocenters. The zero-order valence-electron chi connectivity index (χ0n) is 13.4. The van der Waals surface area contributed by atoms with Gasteiger partial charge < -0.3 is 20.5 Å². The Balaban J connectivity index is 2.29. The first-order valence-electron chi connectivity index (χ1n) is 7.12. The van der Waals surface area contributed by atoms with Gasteiger partial charge in [0.15, 0.2) is 6.20 Å². The van der Waals surface area contributed by atoms with Crippen molar-refractivity contribution < 1.29 is 14.8 Å². The van der Waals surface area contributed by atoms with E-state index < -0.39 is 22.2 Å². The number of amides is 1. The van der Waals surface area contributed by atoms with Gasteiger partial charge in [-0.15, -0.1) is 0 Å². The Morgan fingerprint density at radius 2 is 2.12 bits per heavy atom. The molecule has 0 aliphatic carbocycles. The van der Waals surface area contributed by atoms with Crippen molar-refractivity contribution >= 4 is 33.3 Å². The SMILES string of the molecule is CC(C)(O)C#Cc1cccc(C(=O)Nc2cc(Br)cnc2[N+](=O)[O-])c1. The Morgan fingerprint density at radius 1 is 1.40 bits per heavy atom. The molecule has 2 N–H and O–H groups in total. The molecule has 2 rings (SSSR count).